The predicted molar refractivity (Wildman–Crippen MR) is 75.8 cm³/mol. The van der Waals surface area contributed by atoms with Crippen LogP contribution in [0.1, 0.15) is 12.5 Å². The van der Waals surface area contributed by atoms with Crippen LogP contribution in [0.4, 0.5) is 5.69 Å². The van der Waals surface area contributed by atoms with Crippen LogP contribution in [0.2, 0.25) is 0 Å². The van der Waals surface area contributed by atoms with Gasteiger partial charge in [0.05, 0.1) is 11.9 Å². The number of nitrogens with one attached hydrogen (secondary N) is 1. The molecule has 5 heteroatoms. The number of carbonyl (C=O) groups excluding carboxylic acids is 1. The number of aryl methyl sites for hydroxylation is 1. The van der Waals surface area contributed by atoms with Crippen molar-refractivity contribution >= 4 is 23.4 Å². The van der Waals surface area contributed by atoms with Gasteiger partial charge in [0, 0.05) is 24.2 Å². The van der Waals surface area contributed by atoms with E-state index in [1.165, 1.54) is 11.8 Å². The van der Waals surface area contributed by atoms with Gasteiger partial charge in [0.1, 0.15) is 0 Å². The Morgan fingerprint density at radius 2 is 2.28 bits per heavy atom. The van der Waals surface area contributed by atoms with Crippen LogP contribution in [0, 0.1) is 6.92 Å². The van der Waals surface area contributed by atoms with Gasteiger partial charge in [-0.15, -0.1) is 11.8 Å². The molecule has 0 radical (unpaired) electrons. The highest BCUT2D eigenvalue weighted by atomic mass is 32.2. The lowest BCUT2D eigenvalue weighted by molar-refractivity contribution is -0.120. The molecule has 0 saturated heterocycles. The Morgan fingerprint density at radius 1 is 1.56 bits per heavy atom. The highest BCUT2D eigenvalue weighted by Crippen LogP contribution is 2.28. The lowest BCUT2D eigenvalue weighted by Crippen LogP contribution is -2.33. The summed E-state index contributed by atoms with van der Waals surface area (Å²) < 4.78 is 4.89. The molecule has 1 aromatic rings. The number of thioether (sulfide) groups is 1. The quantitative estimate of drug-likeness (QED) is 0.469. The Bertz CT molecular complexity index is 410. The molecule has 0 aliphatic carbocycles. The molecule has 0 bridgehead atoms. The Hall–Kier alpha value is -1.20. The molecule has 1 amide bonds. The number of methoxy groups -OCH3 is 1. The van der Waals surface area contributed by atoms with Crippen LogP contribution < -0.4 is 11.1 Å². The van der Waals surface area contributed by atoms with Crippen molar-refractivity contribution < 1.29 is 9.53 Å². The van der Waals surface area contributed by atoms with Crippen molar-refractivity contribution in [3.63, 3.8) is 0 Å². The first-order valence-electron chi connectivity index (χ1n) is 5.84. The van der Waals surface area contributed by atoms with Crippen molar-refractivity contribution in [2.45, 2.75) is 24.0 Å². The summed E-state index contributed by atoms with van der Waals surface area (Å²) in [4.78, 5) is 12.8. The van der Waals surface area contributed by atoms with Crippen molar-refractivity contribution in [1.29, 1.82) is 0 Å². The minimum absolute atomic E-state index is 0.0128. The lowest BCUT2D eigenvalue weighted by Gasteiger charge is -2.13. The number of carbonyl (C=O) groups is 1. The summed E-state index contributed by atoms with van der Waals surface area (Å²) in [6.07, 6.45) is 0. The Morgan fingerprint density at radius 3 is 2.94 bits per heavy atom. The van der Waals surface area contributed by atoms with Gasteiger partial charge in [-0.1, -0.05) is 6.07 Å². The van der Waals surface area contributed by atoms with E-state index < -0.39 is 0 Å². The maximum Gasteiger partial charge on any atom is 0.233 e. The number of hydrogen-bond donors (Lipinski definition) is 2. The molecule has 100 valence electrons. The summed E-state index contributed by atoms with van der Waals surface area (Å²) in [5, 5.41) is 2.67. The average molecular weight is 268 g/mol. The summed E-state index contributed by atoms with van der Waals surface area (Å²) in [7, 11) is 1.61. The number of amides is 1. The third kappa shape index (κ3) is 4.58. The van der Waals surface area contributed by atoms with E-state index in [1.54, 1.807) is 7.11 Å². The summed E-state index contributed by atoms with van der Waals surface area (Å²) in [6.45, 7) is 4.96. The topological polar surface area (TPSA) is 64.3 Å². The molecule has 1 rings (SSSR count). The molecule has 0 heterocycles. The second-order valence-corrected chi connectivity index (χ2v) is 5.45. The first-order chi connectivity index (χ1) is 8.54. The van der Waals surface area contributed by atoms with Crippen molar-refractivity contribution in [2.75, 3.05) is 26.0 Å². The summed E-state index contributed by atoms with van der Waals surface area (Å²) in [5.74, 6) is 0.0128. The van der Waals surface area contributed by atoms with Gasteiger partial charge in [0.2, 0.25) is 5.91 Å². The fraction of sp³-hybridized carbons (Fsp3) is 0.462. The molecule has 0 aliphatic heterocycles. The number of hydrogen-bond acceptors (Lipinski definition) is 4. The van der Waals surface area contributed by atoms with Crippen LogP contribution in [0.3, 0.4) is 0 Å². The Labute approximate surface area is 112 Å². The molecule has 4 nitrogen and oxygen atoms in total. The second-order valence-electron chi connectivity index (χ2n) is 4.07. The van der Waals surface area contributed by atoms with Gasteiger partial charge >= 0.3 is 0 Å². The predicted octanol–water partition coefficient (Wildman–Crippen LogP) is 1.82. The molecular formula is C13H20N2O2S. The zero-order valence-electron chi connectivity index (χ0n) is 11.0. The van der Waals surface area contributed by atoms with E-state index in [-0.39, 0.29) is 11.2 Å². The minimum Gasteiger partial charge on any atom is -0.399 e. The molecule has 0 aliphatic rings. The summed E-state index contributed by atoms with van der Waals surface area (Å²) in [6, 6.07) is 5.73. The lowest BCUT2D eigenvalue weighted by atomic mass is 10.2. The normalized spacial score (nSPS) is 12.2. The zero-order chi connectivity index (χ0) is 13.5. The number of ether oxygens (including phenoxy) is 1. The zero-order valence-corrected chi connectivity index (χ0v) is 11.8. The second kappa shape index (κ2) is 7.28. The Kier molecular flexibility index (Phi) is 6.01. The Balaban J connectivity index is 2.55. The first-order valence-corrected chi connectivity index (χ1v) is 6.72. The molecular weight excluding hydrogens is 248 g/mol. The number of nitrogens with two attached hydrogens (primary N) is 1. The molecule has 18 heavy (non-hydrogen) atoms. The number of anilines is 1. The molecule has 1 atom stereocenters. The molecule has 3 N–H and O–H groups in total. The van der Waals surface area contributed by atoms with Gasteiger partial charge in [0.25, 0.3) is 0 Å². The van der Waals surface area contributed by atoms with E-state index in [9.17, 15) is 4.79 Å². The van der Waals surface area contributed by atoms with Crippen LogP contribution in [-0.4, -0.2) is 31.4 Å². The third-order valence-electron chi connectivity index (χ3n) is 2.49. The van der Waals surface area contributed by atoms with Crippen LogP contribution in [0.15, 0.2) is 23.1 Å². The molecule has 0 saturated carbocycles. The van der Waals surface area contributed by atoms with Gasteiger partial charge < -0.3 is 15.8 Å². The van der Waals surface area contributed by atoms with Gasteiger partial charge in [-0.25, -0.2) is 0 Å². The summed E-state index contributed by atoms with van der Waals surface area (Å²) >= 11 is 1.52. The summed E-state index contributed by atoms with van der Waals surface area (Å²) in [5.41, 5.74) is 7.60. The maximum absolute atomic E-state index is 11.8. The largest absolute Gasteiger partial charge is 0.399 e. The SMILES string of the molecule is COCCNC(=O)C(C)Sc1cc(N)ccc1C. The smallest absolute Gasteiger partial charge is 0.233 e. The molecule has 1 aromatic carbocycles. The van der Waals surface area contributed by atoms with Crippen molar-refractivity contribution in [3.8, 4) is 0 Å². The fourth-order valence-corrected chi connectivity index (χ4v) is 2.44. The third-order valence-corrected chi connectivity index (χ3v) is 3.75. The van der Waals surface area contributed by atoms with E-state index in [1.807, 2.05) is 32.0 Å². The number of nitrogen functional groups attached to an aromatic ring is 1. The standard InChI is InChI=1S/C13H20N2O2S/c1-9-4-5-11(14)8-12(9)18-10(2)13(16)15-6-7-17-3/h4-5,8,10H,6-7,14H2,1-3H3,(H,15,16). The van der Waals surface area contributed by atoms with E-state index in [4.69, 9.17) is 10.5 Å². The monoisotopic (exact) mass is 268 g/mol. The van der Waals surface area contributed by atoms with Crippen LogP contribution >= 0.6 is 11.8 Å². The van der Waals surface area contributed by atoms with Crippen LogP contribution in [-0.2, 0) is 9.53 Å². The average Bonchev–Trinajstić information content (AvgIpc) is 2.34. The van der Waals surface area contributed by atoms with E-state index >= 15 is 0 Å². The van der Waals surface area contributed by atoms with E-state index in [2.05, 4.69) is 5.32 Å². The van der Waals surface area contributed by atoms with E-state index in [0.29, 0.717) is 13.2 Å². The number of benzene rings is 1. The van der Waals surface area contributed by atoms with Gasteiger partial charge in [-0.2, -0.15) is 0 Å². The van der Waals surface area contributed by atoms with Crippen LogP contribution in [0.5, 0.6) is 0 Å². The molecule has 1 unspecified atom stereocenters. The highest BCUT2D eigenvalue weighted by Gasteiger charge is 2.14. The molecule has 0 aromatic heterocycles. The minimum atomic E-state index is -0.151. The highest BCUT2D eigenvalue weighted by molar-refractivity contribution is 8.00. The fourth-order valence-electron chi connectivity index (χ4n) is 1.41. The van der Waals surface area contributed by atoms with E-state index in [0.717, 1.165) is 16.1 Å². The van der Waals surface area contributed by atoms with Crippen molar-refractivity contribution in [1.82, 2.24) is 5.32 Å². The maximum atomic E-state index is 11.8. The molecule has 0 spiro atoms. The van der Waals surface area contributed by atoms with Gasteiger partial charge in [0.15, 0.2) is 0 Å². The first kappa shape index (κ1) is 14.9. The van der Waals surface area contributed by atoms with Crippen molar-refractivity contribution in [2.24, 2.45) is 0 Å². The molecule has 0 fully saturated rings. The van der Waals surface area contributed by atoms with Gasteiger partial charge in [-0.05, 0) is 31.5 Å². The van der Waals surface area contributed by atoms with Crippen LogP contribution in [0.25, 0.3) is 0 Å². The van der Waals surface area contributed by atoms with Crippen molar-refractivity contribution in [3.05, 3.63) is 23.8 Å². The number of rotatable bonds is 6. The van der Waals surface area contributed by atoms with Gasteiger partial charge in [-0.3, -0.25) is 4.79 Å².